The Morgan fingerprint density at radius 3 is 1.85 bits per heavy atom. The third-order valence-corrected chi connectivity index (χ3v) is 1.13. The van der Waals surface area contributed by atoms with Crippen LogP contribution in [0.25, 0.3) is 0 Å². The van der Waals surface area contributed by atoms with E-state index in [2.05, 4.69) is 25.3 Å². The Hall–Kier alpha value is -2.05. The smallest absolute Gasteiger partial charge is 0.178 e. The van der Waals surface area contributed by atoms with Crippen LogP contribution in [0.15, 0.2) is 10.3 Å². The Morgan fingerprint density at radius 2 is 1.46 bits per heavy atom. The van der Waals surface area contributed by atoms with Gasteiger partial charge in [-0.25, -0.2) is 15.0 Å². The van der Waals surface area contributed by atoms with Gasteiger partial charge in [-0.3, -0.25) is 0 Å². The lowest BCUT2D eigenvalue weighted by molar-refractivity contribution is 0.321. The molecule has 0 amide bonds. The molecule has 1 rings (SSSR count). The quantitative estimate of drug-likeness (QED) is 0.373. The molecule has 0 aromatic carbocycles. The maximum Gasteiger partial charge on any atom is 0.178 e. The lowest BCUT2D eigenvalue weighted by Crippen LogP contribution is -2.04. The van der Waals surface area contributed by atoms with E-state index in [1.807, 2.05) is 0 Å². The van der Waals surface area contributed by atoms with Gasteiger partial charge in [0, 0.05) is 0 Å². The lowest BCUT2D eigenvalue weighted by Gasteiger charge is -1.95. The van der Waals surface area contributed by atoms with Crippen LogP contribution in [0.3, 0.4) is 0 Å². The summed E-state index contributed by atoms with van der Waals surface area (Å²) in [6, 6.07) is 0. The highest BCUT2D eigenvalue weighted by molar-refractivity contribution is 5.77. The molecule has 1 aromatic rings. The van der Waals surface area contributed by atoms with Crippen molar-refractivity contribution in [3.8, 4) is 0 Å². The maximum absolute atomic E-state index is 8.22. The Bertz CT molecular complexity index is 319. The van der Waals surface area contributed by atoms with Gasteiger partial charge in [0.1, 0.15) is 18.3 Å². The van der Waals surface area contributed by atoms with E-state index in [1.165, 1.54) is 0 Å². The first-order chi connectivity index (χ1) is 6.26. The van der Waals surface area contributed by atoms with Crippen molar-refractivity contribution >= 4 is 12.4 Å². The van der Waals surface area contributed by atoms with Crippen LogP contribution in [-0.4, -0.2) is 37.8 Å². The largest absolute Gasteiger partial charge is 0.411 e. The molecular formula is C6H7N5O2. The number of aryl methyl sites for hydroxylation is 1. The molecule has 0 fully saturated rings. The fourth-order valence-electron chi connectivity index (χ4n) is 0.743. The molecule has 0 aliphatic rings. The molecule has 1 heterocycles. The fourth-order valence-corrected chi connectivity index (χ4v) is 0.743. The van der Waals surface area contributed by atoms with E-state index in [1.54, 1.807) is 6.92 Å². The van der Waals surface area contributed by atoms with Crippen molar-refractivity contribution in [3.63, 3.8) is 0 Å². The summed E-state index contributed by atoms with van der Waals surface area (Å²) in [5, 5.41) is 22.0. The first-order valence-corrected chi connectivity index (χ1v) is 3.34. The van der Waals surface area contributed by atoms with Crippen LogP contribution in [0.4, 0.5) is 0 Å². The van der Waals surface area contributed by atoms with Crippen molar-refractivity contribution in [1.82, 2.24) is 15.0 Å². The zero-order valence-electron chi connectivity index (χ0n) is 6.79. The predicted octanol–water partition coefficient (Wildman–Crippen LogP) is -0.204. The number of oxime groups is 2. The minimum Gasteiger partial charge on any atom is -0.411 e. The molecule has 0 bridgehead atoms. The van der Waals surface area contributed by atoms with Gasteiger partial charge in [-0.05, 0) is 6.92 Å². The van der Waals surface area contributed by atoms with Gasteiger partial charge >= 0.3 is 0 Å². The van der Waals surface area contributed by atoms with Crippen LogP contribution in [0.5, 0.6) is 0 Å². The maximum atomic E-state index is 8.22. The highest BCUT2D eigenvalue weighted by atomic mass is 16.4. The summed E-state index contributed by atoms with van der Waals surface area (Å²) in [4.78, 5) is 11.4. The number of aromatic nitrogens is 3. The zero-order valence-corrected chi connectivity index (χ0v) is 6.79. The van der Waals surface area contributed by atoms with Gasteiger partial charge in [-0.15, -0.1) is 0 Å². The molecule has 0 unspecified atom stereocenters. The van der Waals surface area contributed by atoms with E-state index in [4.69, 9.17) is 10.4 Å². The molecule has 0 aliphatic carbocycles. The van der Waals surface area contributed by atoms with Crippen LogP contribution in [0.1, 0.15) is 17.5 Å². The van der Waals surface area contributed by atoms with Crippen molar-refractivity contribution in [2.75, 3.05) is 0 Å². The van der Waals surface area contributed by atoms with Crippen LogP contribution < -0.4 is 0 Å². The number of hydrogen-bond donors (Lipinski definition) is 2. The van der Waals surface area contributed by atoms with Gasteiger partial charge in [0.05, 0.1) is 0 Å². The highest BCUT2D eigenvalue weighted by Crippen LogP contribution is 1.90. The summed E-state index contributed by atoms with van der Waals surface area (Å²) in [7, 11) is 0. The average Bonchev–Trinajstić information content (AvgIpc) is 2.04. The Balaban J connectivity index is 3.10. The van der Waals surface area contributed by atoms with Gasteiger partial charge in [-0.2, -0.15) is 0 Å². The SMILES string of the molecule is Cc1nc(/C=N/O)nc(/C=N/O)n1. The van der Waals surface area contributed by atoms with Crippen molar-refractivity contribution in [3.05, 3.63) is 17.5 Å². The average molecular weight is 181 g/mol. The minimum absolute atomic E-state index is 0.199. The van der Waals surface area contributed by atoms with Crippen molar-refractivity contribution in [1.29, 1.82) is 0 Å². The molecular weight excluding hydrogens is 174 g/mol. The van der Waals surface area contributed by atoms with Crippen LogP contribution in [0.2, 0.25) is 0 Å². The topological polar surface area (TPSA) is 104 Å². The van der Waals surface area contributed by atoms with E-state index in [-0.39, 0.29) is 11.6 Å². The van der Waals surface area contributed by atoms with Gasteiger partial charge in [0.25, 0.3) is 0 Å². The Morgan fingerprint density at radius 1 is 1.00 bits per heavy atom. The summed E-state index contributed by atoms with van der Waals surface area (Å²) < 4.78 is 0. The first kappa shape index (κ1) is 9.04. The minimum atomic E-state index is 0.199. The molecule has 0 aliphatic heterocycles. The molecule has 2 N–H and O–H groups in total. The van der Waals surface area contributed by atoms with Crippen LogP contribution >= 0.6 is 0 Å². The lowest BCUT2D eigenvalue weighted by atomic mass is 10.5. The fraction of sp³-hybridized carbons (Fsp3) is 0.167. The Kier molecular flexibility index (Phi) is 2.85. The summed E-state index contributed by atoms with van der Waals surface area (Å²) in [5.41, 5.74) is 0. The zero-order chi connectivity index (χ0) is 9.68. The van der Waals surface area contributed by atoms with Crippen LogP contribution in [0, 0.1) is 6.92 Å². The summed E-state index contributed by atoms with van der Waals surface area (Å²) in [6.07, 6.45) is 2.12. The molecule has 0 saturated heterocycles. The van der Waals surface area contributed by atoms with Crippen molar-refractivity contribution in [2.45, 2.75) is 6.92 Å². The molecule has 0 spiro atoms. The highest BCUT2D eigenvalue weighted by Gasteiger charge is 1.99. The summed E-state index contributed by atoms with van der Waals surface area (Å²) >= 11 is 0. The van der Waals surface area contributed by atoms with Gasteiger partial charge in [0.2, 0.25) is 0 Å². The second-order valence-corrected chi connectivity index (χ2v) is 2.09. The second kappa shape index (κ2) is 4.10. The van der Waals surface area contributed by atoms with Gasteiger partial charge < -0.3 is 10.4 Å². The monoisotopic (exact) mass is 181 g/mol. The summed E-state index contributed by atoms with van der Waals surface area (Å²) in [6.45, 7) is 1.64. The number of rotatable bonds is 2. The third-order valence-electron chi connectivity index (χ3n) is 1.13. The molecule has 1 aromatic heterocycles. The molecule has 0 radical (unpaired) electrons. The van der Waals surface area contributed by atoms with E-state index in [9.17, 15) is 0 Å². The van der Waals surface area contributed by atoms with Crippen molar-refractivity contribution in [2.24, 2.45) is 10.3 Å². The van der Waals surface area contributed by atoms with Crippen molar-refractivity contribution < 1.29 is 10.4 Å². The normalized spacial score (nSPS) is 11.5. The second-order valence-electron chi connectivity index (χ2n) is 2.09. The van der Waals surface area contributed by atoms with Gasteiger partial charge in [0.15, 0.2) is 11.6 Å². The molecule has 13 heavy (non-hydrogen) atoms. The standard InChI is InChI=1S/C6H7N5O2/c1-4-9-5(2-7-12)11-6(10-4)3-8-13/h2-3,12-13H,1H3/b7-2+,8-3+. The predicted molar refractivity (Wildman–Crippen MR) is 43.3 cm³/mol. The molecule has 0 saturated carbocycles. The van der Waals surface area contributed by atoms with Crippen LogP contribution in [-0.2, 0) is 0 Å². The first-order valence-electron chi connectivity index (χ1n) is 3.34. The third kappa shape index (κ3) is 2.47. The Labute approximate surface area is 73.5 Å². The van der Waals surface area contributed by atoms with E-state index < -0.39 is 0 Å². The summed E-state index contributed by atoms with van der Waals surface area (Å²) in [5.74, 6) is 0.842. The van der Waals surface area contributed by atoms with Gasteiger partial charge in [-0.1, -0.05) is 10.3 Å². The number of nitrogens with zero attached hydrogens (tertiary/aromatic N) is 5. The molecule has 7 nitrogen and oxygen atoms in total. The molecule has 7 heteroatoms. The van der Waals surface area contributed by atoms with E-state index in [0.29, 0.717) is 5.82 Å². The molecule has 68 valence electrons. The van der Waals surface area contributed by atoms with E-state index >= 15 is 0 Å². The molecule has 0 atom stereocenters. The van der Waals surface area contributed by atoms with E-state index in [0.717, 1.165) is 12.4 Å². The number of hydrogen-bond acceptors (Lipinski definition) is 7.